The molecule has 0 amide bonds. The molecule has 4 heteroatoms. The molecule has 0 radical (unpaired) electrons. The molecule has 0 aromatic rings. The Labute approximate surface area is 167 Å². The van der Waals surface area contributed by atoms with Gasteiger partial charge in [0.2, 0.25) is 0 Å². The minimum Gasteiger partial charge on any atom is -0.389 e. The molecule has 7 aliphatic rings. The van der Waals surface area contributed by atoms with Crippen molar-refractivity contribution in [3.05, 3.63) is 0 Å². The molecule has 0 unspecified atom stereocenters. The largest absolute Gasteiger partial charge is 0.389 e. The molecule has 0 aromatic carbocycles. The molecule has 2 N–H and O–H groups in total. The van der Waals surface area contributed by atoms with Crippen LogP contribution in [-0.4, -0.2) is 33.5 Å². The van der Waals surface area contributed by atoms with Gasteiger partial charge in [0.05, 0.1) is 11.2 Å². The minimum atomic E-state index is -0.749. The zero-order valence-electron chi connectivity index (χ0n) is 17.2. The fraction of sp³-hybridized carbons (Fsp3) is 0.958. The summed E-state index contributed by atoms with van der Waals surface area (Å²) in [6.07, 6.45) is 7.94. The van der Waals surface area contributed by atoms with E-state index in [0.29, 0.717) is 48.3 Å². The van der Waals surface area contributed by atoms with Crippen LogP contribution < -0.4 is 0 Å². The molecule has 0 bridgehead atoms. The Hall–Kier alpha value is -0.450. The van der Waals surface area contributed by atoms with E-state index in [9.17, 15) is 15.0 Å². The average molecular weight is 387 g/mol. The van der Waals surface area contributed by atoms with E-state index in [1.807, 2.05) is 0 Å². The Bertz CT molecular complexity index is 781. The standard InChI is InChI=1S/C24H34O4/c1-21-6-3-12(25)11-23(21,27)16-9-13(16)19-15(21)4-7-22(2)20(19)14-10-17(14)24(22)8-5-18(26)28-24/h13-20,26-27H,3-11H2,1-2H3/t13-,14+,15-,16+,17-,18-,19+,20-,21+,22-,23+,24-/m0/s1. The smallest absolute Gasteiger partial charge is 0.155 e. The van der Waals surface area contributed by atoms with Crippen LogP contribution in [0.1, 0.15) is 71.6 Å². The predicted octanol–water partition coefficient (Wildman–Crippen LogP) is 3.29. The number of aliphatic hydroxyl groups excluding tert-OH is 1. The molecule has 154 valence electrons. The van der Waals surface area contributed by atoms with Crippen molar-refractivity contribution in [1.29, 1.82) is 0 Å². The highest BCUT2D eigenvalue weighted by Gasteiger charge is 2.82. The molecule has 1 heterocycles. The monoisotopic (exact) mass is 386 g/mol. The lowest BCUT2D eigenvalue weighted by atomic mass is 9.42. The highest BCUT2D eigenvalue weighted by atomic mass is 16.6. The summed E-state index contributed by atoms with van der Waals surface area (Å²) in [5.74, 6) is 4.58. The van der Waals surface area contributed by atoms with E-state index in [-0.39, 0.29) is 22.2 Å². The Morgan fingerprint density at radius 1 is 0.964 bits per heavy atom. The molecule has 1 spiro atoms. The zero-order chi connectivity index (χ0) is 19.3. The van der Waals surface area contributed by atoms with Crippen molar-refractivity contribution in [3.8, 4) is 0 Å². The molecule has 1 saturated heterocycles. The maximum atomic E-state index is 12.3. The van der Waals surface area contributed by atoms with E-state index < -0.39 is 11.9 Å². The molecule has 0 aromatic heterocycles. The van der Waals surface area contributed by atoms with Crippen LogP contribution in [0.4, 0.5) is 0 Å². The summed E-state index contributed by atoms with van der Waals surface area (Å²) >= 11 is 0. The van der Waals surface area contributed by atoms with E-state index in [4.69, 9.17) is 4.74 Å². The number of hydrogen-bond acceptors (Lipinski definition) is 4. The quantitative estimate of drug-likeness (QED) is 0.670. The highest BCUT2D eigenvalue weighted by Crippen LogP contribution is 2.83. The number of rotatable bonds is 0. The molecule has 28 heavy (non-hydrogen) atoms. The SMILES string of the molecule is C[C@]12CC[C@H]3[C@@H]([C@H]4C[C@H]4[C@]4(O)CC(=O)CC[C@]34C)[C@@H]1[C@@H]1C[C@@H]1[C@@]21CC[C@@H](O)O1. The molecular formula is C24H34O4. The molecule has 1 aliphatic heterocycles. The van der Waals surface area contributed by atoms with Crippen LogP contribution in [0, 0.1) is 52.3 Å². The van der Waals surface area contributed by atoms with Crippen molar-refractivity contribution in [2.75, 3.05) is 0 Å². The topological polar surface area (TPSA) is 66.8 Å². The van der Waals surface area contributed by atoms with Gasteiger partial charge in [-0.05, 0) is 80.0 Å². The van der Waals surface area contributed by atoms with E-state index in [1.54, 1.807) is 0 Å². The number of ether oxygens (including phenoxy) is 1. The van der Waals surface area contributed by atoms with Gasteiger partial charge in [0.1, 0.15) is 5.78 Å². The molecular weight excluding hydrogens is 352 g/mol. The fourth-order valence-electron chi connectivity index (χ4n) is 10.5. The van der Waals surface area contributed by atoms with Crippen molar-refractivity contribution in [2.45, 2.75) is 89.1 Å². The molecule has 4 nitrogen and oxygen atoms in total. The van der Waals surface area contributed by atoms with Crippen LogP contribution in [0.2, 0.25) is 0 Å². The van der Waals surface area contributed by atoms with Gasteiger partial charge in [0, 0.05) is 30.1 Å². The predicted molar refractivity (Wildman–Crippen MR) is 102 cm³/mol. The molecule has 7 fully saturated rings. The summed E-state index contributed by atoms with van der Waals surface area (Å²) in [4.78, 5) is 12.3. The molecule has 6 aliphatic carbocycles. The van der Waals surface area contributed by atoms with Crippen LogP contribution in [0.5, 0.6) is 0 Å². The summed E-state index contributed by atoms with van der Waals surface area (Å²) in [5, 5.41) is 22.1. The van der Waals surface area contributed by atoms with Crippen molar-refractivity contribution in [1.82, 2.24) is 0 Å². The average Bonchev–Trinajstić information content (AvgIpc) is 3.54. The first-order valence-corrected chi connectivity index (χ1v) is 11.9. The number of hydrogen-bond donors (Lipinski definition) is 2. The first kappa shape index (κ1) is 17.3. The molecule has 7 rings (SSSR count). The number of fused-ring (bicyclic) bond motifs is 12. The van der Waals surface area contributed by atoms with Gasteiger partial charge < -0.3 is 14.9 Å². The Kier molecular flexibility index (Phi) is 2.91. The van der Waals surface area contributed by atoms with E-state index in [1.165, 1.54) is 6.42 Å². The van der Waals surface area contributed by atoms with Crippen molar-refractivity contribution < 1.29 is 19.7 Å². The number of carbonyl (C=O) groups is 1. The van der Waals surface area contributed by atoms with Gasteiger partial charge in [-0.2, -0.15) is 0 Å². The highest BCUT2D eigenvalue weighted by molar-refractivity contribution is 5.81. The minimum absolute atomic E-state index is 0.0890. The van der Waals surface area contributed by atoms with Crippen LogP contribution in [0.25, 0.3) is 0 Å². The van der Waals surface area contributed by atoms with E-state index in [2.05, 4.69) is 13.8 Å². The fourth-order valence-corrected chi connectivity index (χ4v) is 10.5. The van der Waals surface area contributed by atoms with E-state index in [0.717, 1.165) is 44.4 Å². The Morgan fingerprint density at radius 3 is 2.50 bits per heavy atom. The summed E-state index contributed by atoms with van der Waals surface area (Å²) in [6.45, 7) is 4.82. The van der Waals surface area contributed by atoms with Gasteiger partial charge in [-0.15, -0.1) is 0 Å². The summed E-state index contributed by atoms with van der Waals surface area (Å²) in [5.41, 5.74) is -0.751. The molecule has 6 saturated carbocycles. The van der Waals surface area contributed by atoms with Gasteiger partial charge in [-0.3, -0.25) is 4.79 Å². The first-order valence-electron chi connectivity index (χ1n) is 11.9. The van der Waals surface area contributed by atoms with Crippen LogP contribution in [0.3, 0.4) is 0 Å². The summed E-state index contributed by atoms with van der Waals surface area (Å²) in [6, 6.07) is 0. The van der Waals surface area contributed by atoms with Crippen LogP contribution >= 0.6 is 0 Å². The second kappa shape index (κ2) is 4.73. The Balaban J connectivity index is 1.32. The normalized spacial score (nSPS) is 68.6. The third-order valence-electron chi connectivity index (χ3n) is 11.7. The van der Waals surface area contributed by atoms with Crippen molar-refractivity contribution in [3.63, 3.8) is 0 Å². The molecule has 12 atom stereocenters. The lowest BCUT2D eigenvalue weighted by molar-refractivity contribution is -0.238. The number of Topliss-reactive ketones (excluding diaryl/α,β-unsaturated/α-hetero) is 1. The maximum absolute atomic E-state index is 12.3. The van der Waals surface area contributed by atoms with Gasteiger partial charge >= 0.3 is 0 Å². The third kappa shape index (κ3) is 1.62. The van der Waals surface area contributed by atoms with Gasteiger partial charge in [0.15, 0.2) is 6.29 Å². The lowest BCUT2D eigenvalue weighted by Crippen LogP contribution is -2.65. The van der Waals surface area contributed by atoms with Crippen LogP contribution in [0.15, 0.2) is 0 Å². The number of aliphatic hydroxyl groups is 2. The van der Waals surface area contributed by atoms with Gasteiger partial charge in [-0.25, -0.2) is 0 Å². The summed E-state index contributed by atoms with van der Waals surface area (Å²) in [7, 11) is 0. The van der Waals surface area contributed by atoms with Crippen molar-refractivity contribution in [2.24, 2.45) is 52.3 Å². The second-order valence-electron chi connectivity index (χ2n) is 12.2. The van der Waals surface area contributed by atoms with E-state index >= 15 is 0 Å². The maximum Gasteiger partial charge on any atom is 0.155 e. The first-order chi connectivity index (χ1) is 13.3. The van der Waals surface area contributed by atoms with Crippen LogP contribution in [-0.2, 0) is 9.53 Å². The van der Waals surface area contributed by atoms with Gasteiger partial charge in [-0.1, -0.05) is 13.8 Å². The third-order valence-corrected chi connectivity index (χ3v) is 11.7. The number of ketones is 1. The Morgan fingerprint density at radius 2 is 1.75 bits per heavy atom. The van der Waals surface area contributed by atoms with Crippen molar-refractivity contribution >= 4 is 5.78 Å². The van der Waals surface area contributed by atoms with Gasteiger partial charge in [0.25, 0.3) is 0 Å². The number of carbonyl (C=O) groups excluding carboxylic acids is 1. The zero-order valence-corrected chi connectivity index (χ0v) is 17.2. The summed E-state index contributed by atoms with van der Waals surface area (Å²) < 4.78 is 6.39. The lowest BCUT2D eigenvalue weighted by Gasteiger charge is -2.64. The second-order valence-corrected chi connectivity index (χ2v) is 12.2.